The van der Waals surface area contributed by atoms with Crippen LogP contribution in [0.2, 0.25) is 0 Å². The van der Waals surface area contributed by atoms with Crippen molar-refractivity contribution in [2.24, 2.45) is 0 Å². The molecule has 1 heterocycles. The second-order valence-electron chi connectivity index (χ2n) is 3.70. The van der Waals surface area contributed by atoms with Crippen LogP contribution in [-0.4, -0.2) is 16.8 Å². The molecular weight excluding hydrogens is 266 g/mol. The highest BCUT2D eigenvalue weighted by Gasteiger charge is 1.98. The number of hydrogen-bond donors (Lipinski definition) is 1. The van der Waals surface area contributed by atoms with Crippen LogP contribution in [0.4, 0.5) is 0 Å². The van der Waals surface area contributed by atoms with E-state index >= 15 is 0 Å². The second kappa shape index (κ2) is 5.27. The zero-order valence-corrected chi connectivity index (χ0v) is 10.7. The van der Waals surface area contributed by atoms with E-state index < -0.39 is 0 Å². The van der Waals surface area contributed by atoms with Crippen LogP contribution in [0.3, 0.4) is 0 Å². The monoisotopic (exact) mass is 279 g/mol. The van der Waals surface area contributed by atoms with Crippen molar-refractivity contribution in [3.05, 3.63) is 52.3 Å². The average molecular weight is 280 g/mol. The molecule has 0 aliphatic carbocycles. The van der Waals surface area contributed by atoms with Gasteiger partial charge in [-0.05, 0) is 24.7 Å². The number of benzene rings is 1. The molecule has 0 fully saturated rings. The topological polar surface area (TPSA) is 29.9 Å². The molecule has 0 atom stereocenters. The predicted octanol–water partition coefficient (Wildman–Crippen LogP) is 2.41. The lowest BCUT2D eigenvalue weighted by molar-refractivity contribution is 0.685. The molecule has 0 bridgehead atoms. The van der Waals surface area contributed by atoms with Crippen molar-refractivity contribution in [1.29, 1.82) is 0 Å². The van der Waals surface area contributed by atoms with Gasteiger partial charge < -0.3 is 5.32 Å². The predicted molar refractivity (Wildman–Crippen MR) is 68.2 cm³/mol. The van der Waals surface area contributed by atoms with Crippen LogP contribution in [0.5, 0.6) is 0 Å². The molecule has 16 heavy (non-hydrogen) atoms. The molecular formula is C12H14BrN3. The van der Waals surface area contributed by atoms with E-state index in [1.807, 2.05) is 30.1 Å². The van der Waals surface area contributed by atoms with Gasteiger partial charge in [0.25, 0.3) is 0 Å². The SMILES string of the molecule is CNCc1cnn(Cc2ccc(Br)cc2)c1. The molecule has 1 N–H and O–H groups in total. The average Bonchev–Trinajstić information content (AvgIpc) is 2.70. The molecule has 84 valence electrons. The third-order valence-electron chi connectivity index (χ3n) is 2.33. The van der Waals surface area contributed by atoms with Gasteiger partial charge in [0.1, 0.15) is 0 Å². The standard InChI is InChI=1S/C12H14BrN3/c1-14-6-11-7-15-16(9-11)8-10-2-4-12(13)5-3-10/h2-5,7,9,14H,6,8H2,1H3. The quantitative estimate of drug-likeness (QED) is 0.932. The summed E-state index contributed by atoms with van der Waals surface area (Å²) in [7, 11) is 1.94. The van der Waals surface area contributed by atoms with Gasteiger partial charge in [-0.1, -0.05) is 28.1 Å². The van der Waals surface area contributed by atoms with Crippen molar-refractivity contribution < 1.29 is 0 Å². The fraction of sp³-hybridized carbons (Fsp3) is 0.250. The number of nitrogens with one attached hydrogen (secondary N) is 1. The van der Waals surface area contributed by atoms with Gasteiger partial charge in [0.15, 0.2) is 0 Å². The zero-order chi connectivity index (χ0) is 11.4. The number of nitrogens with zero attached hydrogens (tertiary/aromatic N) is 2. The van der Waals surface area contributed by atoms with Gasteiger partial charge in [-0.25, -0.2) is 0 Å². The van der Waals surface area contributed by atoms with Crippen LogP contribution >= 0.6 is 15.9 Å². The highest BCUT2D eigenvalue weighted by Crippen LogP contribution is 2.11. The first-order valence-corrected chi connectivity index (χ1v) is 5.97. The van der Waals surface area contributed by atoms with Gasteiger partial charge in [-0.3, -0.25) is 4.68 Å². The van der Waals surface area contributed by atoms with Gasteiger partial charge in [0.2, 0.25) is 0 Å². The fourth-order valence-corrected chi connectivity index (χ4v) is 1.83. The maximum atomic E-state index is 4.32. The van der Waals surface area contributed by atoms with Crippen molar-refractivity contribution in [1.82, 2.24) is 15.1 Å². The normalized spacial score (nSPS) is 10.6. The number of aromatic nitrogens is 2. The van der Waals surface area contributed by atoms with E-state index in [9.17, 15) is 0 Å². The number of halogens is 1. The Morgan fingerprint density at radius 3 is 2.69 bits per heavy atom. The first-order valence-electron chi connectivity index (χ1n) is 5.18. The zero-order valence-electron chi connectivity index (χ0n) is 9.15. The van der Waals surface area contributed by atoms with Crippen LogP contribution in [0.25, 0.3) is 0 Å². The van der Waals surface area contributed by atoms with Gasteiger partial charge in [-0.15, -0.1) is 0 Å². The van der Waals surface area contributed by atoms with Crippen LogP contribution in [0.1, 0.15) is 11.1 Å². The van der Waals surface area contributed by atoms with Gasteiger partial charge in [0, 0.05) is 22.8 Å². The molecule has 0 saturated heterocycles. The maximum absolute atomic E-state index is 4.32. The molecule has 1 aromatic carbocycles. The molecule has 3 nitrogen and oxygen atoms in total. The van der Waals surface area contributed by atoms with Crippen molar-refractivity contribution in [3.63, 3.8) is 0 Å². The Morgan fingerprint density at radius 2 is 2.00 bits per heavy atom. The van der Waals surface area contributed by atoms with Crippen LogP contribution in [0.15, 0.2) is 41.1 Å². The number of hydrogen-bond acceptors (Lipinski definition) is 2. The van der Waals surface area contributed by atoms with E-state index in [1.165, 1.54) is 11.1 Å². The Morgan fingerprint density at radius 1 is 1.25 bits per heavy atom. The highest BCUT2D eigenvalue weighted by molar-refractivity contribution is 9.10. The Labute approximate surface area is 104 Å². The molecule has 0 saturated carbocycles. The van der Waals surface area contributed by atoms with E-state index in [0.717, 1.165) is 17.6 Å². The molecule has 0 unspecified atom stereocenters. The summed E-state index contributed by atoms with van der Waals surface area (Å²) in [6.45, 7) is 1.68. The summed E-state index contributed by atoms with van der Waals surface area (Å²) in [4.78, 5) is 0. The summed E-state index contributed by atoms with van der Waals surface area (Å²) in [6, 6.07) is 8.30. The Bertz CT molecular complexity index is 448. The molecule has 2 aromatic rings. The fourth-order valence-electron chi connectivity index (χ4n) is 1.57. The van der Waals surface area contributed by atoms with Crippen molar-refractivity contribution in [3.8, 4) is 0 Å². The molecule has 0 aliphatic heterocycles. The van der Waals surface area contributed by atoms with Crippen molar-refractivity contribution >= 4 is 15.9 Å². The molecule has 0 radical (unpaired) electrons. The molecule has 1 aromatic heterocycles. The Hall–Kier alpha value is -1.13. The van der Waals surface area contributed by atoms with E-state index in [4.69, 9.17) is 0 Å². The van der Waals surface area contributed by atoms with Crippen LogP contribution in [-0.2, 0) is 13.1 Å². The first kappa shape index (κ1) is 11.4. The minimum Gasteiger partial charge on any atom is -0.316 e. The summed E-state index contributed by atoms with van der Waals surface area (Å²) in [6.07, 6.45) is 3.97. The number of rotatable bonds is 4. The smallest absolute Gasteiger partial charge is 0.0659 e. The molecule has 4 heteroatoms. The molecule has 0 aliphatic rings. The third kappa shape index (κ3) is 2.93. The van der Waals surface area contributed by atoms with Gasteiger partial charge >= 0.3 is 0 Å². The minimum absolute atomic E-state index is 0.816. The summed E-state index contributed by atoms with van der Waals surface area (Å²) in [5.74, 6) is 0. The largest absolute Gasteiger partial charge is 0.316 e. The molecule has 2 rings (SSSR count). The third-order valence-corrected chi connectivity index (χ3v) is 2.85. The summed E-state index contributed by atoms with van der Waals surface area (Å²) >= 11 is 3.42. The van der Waals surface area contributed by atoms with Crippen LogP contribution < -0.4 is 5.32 Å². The molecule has 0 spiro atoms. The van der Waals surface area contributed by atoms with Gasteiger partial charge in [0.05, 0.1) is 12.7 Å². The summed E-state index contributed by atoms with van der Waals surface area (Å²) < 4.78 is 3.06. The van der Waals surface area contributed by atoms with E-state index in [-0.39, 0.29) is 0 Å². The highest BCUT2D eigenvalue weighted by atomic mass is 79.9. The lowest BCUT2D eigenvalue weighted by Gasteiger charge is -2.01. The summed E-state index contributed by atoms with van der Waals surface area (Å²) in [5, 5.41) is 7.43. The minimum atomic E-state index is 0.816. The Kier molecular flexibility index (Phi) is 3.74. The van der Waals surface area contributed by atoms with E-state index in [0.29, 0.717) is 0 Å². The summed E-state index contributed by atoms with van der Waals surface area (Å²) in [5.41, 5.74) is 2.46. The Balaban J connectivity index is 2.05. The lowest BCUT2D eigenvalue weighted by atomic mass is 10.2. The lowest BCUT2D eigenvalue weighted by Crippen LogP contribution is -2.04. The van der Waals surface area contributed by atoms with E-state index in [2.05, 4.69) is 44.7 Å². The second-order valence-corrected chi connectivity index (χ2v) is 4.62. The van der Waals surface area contributed by atoms with Crippen LogP contribution in [0, 0.1) is 0 Å². The first-order chi connectivity index (χ1) is 7.78. The van der Waals surface area contributed by atoms with Gasteiger partial charge in [-0.2, -0.15) is 5.10 Å². The molecule has 0 amide bonds. The van der Waals surface area contributed by atoms with E-state index in [1.54, 1.807) is 0 Å². The maximum Gasteiger partial charge on any atom is 0.0659 e. The van der Waals surface area contributed by atoms with Crippen molar-refractivity contribution in [2.45, 2.75) is 13.1 Å². The van der Waals surface area contributed by atoms with Crippen molar-refractivity contribution in [2.75, 3.05) is 7.05 Å².